The van der Waals surface area contributed by atoms with Crippen molar-refractivity contribution in [3.63, 3.8) is 0 Å². The van der Waals surface area contributed by atoms with Crippen molar-refractivity contribution in [2.75, 3.05) is 13.2 Å². The first-order valence-corrected chi connectivity index (χ1v) is 10.7. The molecule has 0 spiro atoms. The molecule has 0 aromatic rings. The van der Waals surface area contributed by atoms with Gasteiger partial charge in [0.25, 0.3) is 0 Å². The fraction of sp³-hybridized carbons (Fsp3) is 1.00. The summed E-state index contributed by atoms with van der Waals surface area (Å²) in [6.45, 7) is 6.62. The number of nitrogens with zero attached hydrogens (tertiary/aromatic N) is 1. The molecule has 2 nitrogen and oxygen atoms in total. The van der Waals surface area contributed by atoms with Gasteiger partial charge >= 0.3 is 0 Å². The number of hydrogen-bond acceptors (Lipinski definition) is 2. The largest absolute Gasteiger partial charge is 0.378 e. The van der Waals surface area contributed by atoms with Crippen LogP contribution in [0.5, 0.6) is 0 Å². The minimum Gasteiger partial charge on any atom is -0.378 e. The van der Waals surface area contributed by atoms with Crippen LogP contribution in [0.25, 0.3) is 0 Å². The standard InChI is InChI=1S/C21H41NO/c1-3-5-7-9-11-13-19(14-12-10-8-6-4-2)22-20-15-16-21(22)18-23-17-20/h19-21H,3-18H2,1-2H3. The fourth-order valence-electron chi connectivity index (χ4n) is 4.67. The molecule has 2 fully saturated rings. The molecule has 0 aromatic heterocycles. The molecule has 2 rings (SSSR count). The molecule has 0 N–H and O–H groups in total. The lowest BCUT2D eigenvalue weighted by atomic mass is 9.97. The Balaban J connectivity index is 1.76. The van der Waals surface area contributed by atoms with E-state index in [0.29, 0.717) is 0 Å². The van der Waals surface area contributed by atoms with Crippen LogP contribution in [0.1, 0.15) is 104 Å². The van der Waals surface area contributed by atoms with Crippen molar-refractivity contribution >= 4 is 0 Å². The zero-order valence-corrected chi connectivity index (χ0v) is 15.9. The van der Waals surface area contributed by atoms with E-state index in [1.54, 1.807) is 0 Å². The molecule has 2 aliphatic rings. The Morgan fingerprint density at radius 2 is 1.22 bits per heavy atom. The SMILES string of the molecule is CCCCCCCC(CCCCCCC)N1C2CCC1COC2. The third kappa shape index (κ3) is 6.38. The second-order valence-electron chi connectivity index (χ2n) is 7.93. The highest BCUT2D eigenvalue weighted by molar-refractivity contribution is 4.94. The minimum atomic E-state index is 0.741. The number of unbranched alkanes of at least 4 members (excludes halogenated alkanes) is 8. The van der Waals surface area contributed by atoms with E-state index in [1.807, 2.05) is 0 Å². The van der Waals surface area contributed by atoms with Gasteiger partial charge in [-0.05, 0) is 25.7 Å². The predicted octanol–water partition coefficient (Wildman–Crippen LogP) is 5.94. The summed E-state index contributed by atoms with van der Waals surface area (Å²) in [6.07, 6.45) is 19.8. The van der Waals surface area contributed by atoms with E-state index in [2.05, 4.69) is 18.7 Å². The summed E-state index contributed by atoms with van der Waals surface area (Å²) in [7, 11) is 0. The molecule has 0 aromatic carbocycles. The molecule has 2 atom stereocenters. The normalized spacial score (nSPS) is 24.7. The molecule has 0 amide bonds. The first kappa shape index (κ1) is 19.2. The van der Waals surface area contributed by atoms with Crippen LogP contribution in [0.15, 0.2) is 0 Å². The quantitative estimate of drug-likeness (QED) is 0.389. The molecule has 2 bridgehead atoms. The Kier molecular flexibility index (Phi) is 9.60. The smallest absolute Gasteiger partial charge is 0.0622 e. The number of fused-ring (bicyclic) bond motifs is 2. The van der Waals surface area contributed by atoms with Gasteiger partial charge in [-0.25, -0.2) is 0 Å². The van der Waals surface area contributed by atoms with E-state index >= 15 is 0 Å². The fourth-order valence-corrected chi connectivity index (χ4v) is 4.67. The van der Waals surface area contributed by atoms with E-state index in [9.17, 15) is 0 Å². The van der Waals surface area contributed by atoms with Crippen LogP contribution in [0.3, 0.4) is 0 Å². The van der Waals surface area contributed by atoms with Crippen molar-refractivity contribution in [3.05, 3.63) is 0 Å². The van der Waals surface area contributed by atoms with Gasteiger partial charge in [0.15, 0.2) is 0 Å². The van der Waals surface area contributed by atoms with Gasteiger partial charge in [-0.1, -0.05) is 78.1 Å². The highest BCUT2D eigenvalue weighted by Crippen LogP contribution is 2.34. The van der Waals surface area contributed by atoms with Crippen molar-refractivity contribution in [1.29, 1.82) is 0 Å². The average molecular weight is 324 g/mol. The summed E-state index contributed by atoms with van der Waals surface area (Å²) in [5, 5.41) is 0. The maximum Gasteiger partial charge on any atom is 0.0622 e. The molecule has 2 heteroatoms. The van der Waals surface area contributed by atoms with Gasteiger partial charge in [0.2, 0.25) is 0 Å². The lowest BCUT2D eigenvalue weighted by Gasteiger charge is -2.41. The predicted molar refractivity (Wildman–Crippen MR) is 100 cm³/mol. The zero-order valence-electron chi connectivity index (χ0n) is 15.9. The Hall–Kier alpha value is -0.0800. The van der Waals surface area contributed by atoms with Crippen LogP contribution < -0.4 is 0 Å². The van der Waals surface area contributed by atoms with E-state index < -0.39 is 0 Å². The van der Waals surface area contributed by atoms with Crippen molar-refractivity contribution in [2.45, 2.75) is 122 Å². The van der Waals surface area contributed by atoms with Gasteiger partial charge < -0.3 is 4.74 Å². The molecule has 0 radical (unpaired) electrons. The summed E-state index contributed by atoms with van der Waals surface area (Å²) >= 11 is 0. The third-order valence-electron chi connectivity index (χ3n) is 6.00. The first-order chi connectivity index (χ1) is 11.4. The van der Waals surface area contributed by atoms with Crippen molar-refractivity contribution < 1.29 is 4.74 Å². The van der Waals surface area contributed by atoms with Crippen LogP contribution >= 0.6 is 0 Å². The molecule has 0 saturated carbocycles. The molecular formula is C21H41NO. The Bertz CT molecular complexity index is 264. The summed E-state index contributed by atoms with van der Waals surface area (Å²) in [5.74, 6) is 0. The summed E-state index contributed by atoms with van der Waals surface area (Å²) in [4.78, 5) is 2.91. The highest BCUT2D eigenvalue weighted by Gasteiger charge is 2.40. The van der Waals surface area contributed by atoms with E-state index in [0.717, 1.165) is 31.3 Å². The summed E-state index contributed by atoms with van der Waals surface area (Å²) < 4.78 is 5.81. The van der Waals surface area contributed by atoms with Gasteiger partial charge in [-0.2, -0.15) is 0 Å². The lowest BCUT2D eigenvalue weighted by molar-refractivity contribution is -0.0404. The molecule has 2 unspecified atom stereocenters. The van der Waals surface area contributed by atoms with Gasteiger partial charge in [-0.15, -0.1) is 0 Å². The Morgan fingerprint density at radius 1 is 0.739 bits per heavy atom. The van der Waals surface area contributed by atoms with Gasteiger partial charge in [0, 0.05) is 18.1 Å². The number of morpholine rings is 1. The molecule has 136 valence electrons. The molecule has 2 saturated heterocycles. The molecule has 0 aliphatic carbocycles. The minimum absolute atomic E-state index is 0.741. The topological polar surface area (TPSA) is 12.5 Å². The van der Waals surface area contributed by atoms with E-state index in [-0.39, 0.29) is 0 Å². The molecule has 23 heavy (non-hydrogen) atoms. The second kappa shape index (κ2) is 11.5. The van der Waals surface area contributed by atoms with Gasteiger partial charge in [0.1, 0.15) is 0 Å². The van der Waals surface area contributed by atoms with Crippen LogP contribution in [-0.2, 0) is 4.74 Å². The van der Waals surface area contributed by atoms with Crippen LogP contribution in [0, 0.1) is 0 Å². The molecule has 2 heterocycles. The van der Waals surface area contributed by atoms with Crippen molar-refractivity contribution in [1.82, 2.24) is 4.90 Å². The Labute approximate surface area is 145 Å². The summed E-state index contributed by atoms with van der Waals surface area (Å²) in [5.41, 5.74) is 0. The van der Waals surface area contributed by atoms with E-state index in [1.165, 1.54) is 89.9 Å². The number of hydrogen-bond donors (Lipinski definition) is 0. The zero-order chi connectivity index (χ0) is 16.3. The monoisotopic (exact) mass is 323 g/mol. The summed E-state index contributed by atoms with van der Waals surface area (Å²) in [6, 6.07) is 2.33. The highest BCUT2D eigenvalue weighted by atomic mass is 16.5. The second-order valence-corrected chi connectivity index (χ2v) is 7.93. The van der Waals surface area contributed by atoms with Crippen LogP contribution in [0.2, 0.25) is 0 Å². The average Bonchev–Trinajstić information content (AvgIpc) is 2.81. The third-order valence-corrected chi connectivity index (χ3v) is 6.00. The Morgan fingerprint density at radius 3 is 1.70 bits per heavy atom. The van der Waals surface area contributed by atoms with E-state index in [4.69, 9.17) is 4.74 Å². The van der Waals surface area contributed by atoms with Gasteiger partial charge in [-0.3, -0.25) is 4.90 Å². The maximum absolute atomic E-state index is 5.81. The van der Waals surface area contributed by atoms with Crippen LogP contribution in [0.4, 0.5) is 0 Å². The lowest BCUT2D eigenvalue weighted by Crippen LogP contribution is -2.51. The molecule has 2 aliphatic heterocycles. The number of rotatable bonds is 13. The molecular weight excluding hydrogens is 282 g/mol. The number of ether oxygens (including phenoxy) is 1. The first-order valence-electron chi connectivity index (χ1n) is 10.7. The van der Waals surface area contributed by atoms with Crippen molar-refractivity contribution in [2.24, 2.45) is 0 Å². The maximum atomic E-state index is 5.81. The van der Waals surface area contributed by atoms with Gasteiger partial charge in [0.05, 0.1) is 13.2 Å². The van der Waals surface area contributed by atoms with Crippen molar-refractivity contribution in [3.8, 4) is 0 Å². The van der Waals surface area contributed by atoms with Crippen LogP contribution in [-0.4, -0.2) is 36.2 Å².